The molecule has 0 amide bonds. The smallest absolute Gasteiger partial charge is 0.164 e. The van der Waals surface area contributed by atoms with E-state index < -0.39 is 11.6 Å². The van der Waals surface area contributed by atoms with E-state index in [-0.39, 0.29) is 0 Å². The molecule has 0 unspecified atom stereocenters. The van der Waals surface area contributed by atoms with Gasteiger partial charge in [-0.05, 0) is 43.7 Å². The predicted octanol–water partition coefficient (Wildman–Crippen LogP) is 7.81. The van der Waals surface area contributed by atoms with Crippen molar-refractivity contribution in [3.05, 3.63) is 71.8 Å². The number of benzene rings is 1. The number of hydrogen-bond acceptors (Lipinski definition) is 1. The van der Waals surface area contributed by atoms with E-state index in [0.717, 1.165) is 5.57 Å². The Bertz CT molecular complexity index is 549. The van der Waals surface area contributed by atoms with Crippen LogP contribution in [0, 0.1) is 0 Å². The van der Waals surface area contributed by atoms with Gasteiger partial charge in [0, 0.05) is 0 Å². The van der Waals surface area contributed by atoms with Crippen LogP contribution in [0.4, 0.5) is 4.39 Å². The number of halogens is 1. The van der Waals surface area contributed by atoms with Crippen LogP contribution in [0.15, 0.2) is 66.2 Å². The minimum Gasteiger partial charge on any atom is -0.506 e. The number of hydrogen-bond donors (Lipinski definition) is 1. The first kappa shape index (κ1) is 23.2. The third-order valence-corrected chi connectivity index (χ3v) is 4.51. The molecule has 0 aliphatic heterocycles. The van der Waals surface area contributed by atoms with Gasteiger partial charge < -0.3 is 5.11 Å². The van der Waals surface area contributed by atoms with Crippen molar-refractivity contribution in [3.8, 4) is 0 Å². The lowest BCUT2D eigenvalue weighted by molar-refractivity contribution is 0.319. The maximum atomic E-state index is 12.4. The molecule has 0 heterocycles. The Kier molecular flexibility index (Phi) is 11.6. The summed E-state index contributed by atoms with van der Waals surface area (Å²) in [7, 11) is 0. The minimum absolute atomic E-state index is 0.472. The minimum atomic E-state index is -0.685. The average Bonchev–Trinajstić information content (AvgIpc) is 2.65. The van der Waals surface area contributed by atoms with Crippen LogP contribution in [0.5, 0.6) is 0 Å². The van der Waals surface area contributed by atoms with Crippen molar-refractivity contribution in [2.24, 2.45) is 0 Å². The van der Waals surface area contributed by atoms with Crippen LogP contribution < -0.4 is 0 Å². The Morgan fingerprint density at radius 1 is 1.12 bits per heavy atom. The quantitative estimate of drug-likeness (QED) is 0.437. The van der Waals surface area contributed by atoms with Crippen molar-refractivity contribution >= 4 is 0 Å². The van der Waals surface area contributed by atoms with E-state index in [2.05, 4.69) is 43.8 Å². The molecule has 0 bridgehead atoms. The summed E-state index contributed by atoms with van der Waals surface area (Å²) in [6, 6.07) is 11.0. The Balaban J connectivity index is 0.000000434. The molecule has 1 aromatic rings. The van der Waals surface area contributed by atoms with Crippen LogP contribution in [0.1, 0.15) is 72.3 Å². The summed E-state index contributed by atoms with van der Waals surface area (Å²) in [5.41, 5.74) is 2.77. The Labute approximate surface area is 154 Å². The fraction of sp³-hybridized carbons (Fsp3) is 0.478. The molecule has 25 heavy (non-hydrogen) atoms. The van der Waals surface area contributed by atoms with E-state index in [1.807, 2.05) is 13.8 Å². The molecule has 1 aliphatic rings. The van der Waals surface area contributed by atoms with Gasteiger partial charge in [0.2, 0.25) is 0 Å². The molecule has 0 atom stereocenters. The van der Waals surface area contributed by atoms with Crippen molar-refractivity contribution in [2.75, 3.05) is 0 Å². The Morgan fingerprint density at radius 2 is 1.64 bits per heavy atom. The number of aliphatic hydroxyl groups is 1. The van der Waals surface area contributed by atoms with Gasteiger partial charge in [-0.3, -0.25) is 0 Å². The standard InChI is InChI=1S/C13H18.C8H11FO.C2H6/c1-13(10-6-3-7-11-13)12-8-4-2-5-9-12;1-4-6(2)5-8(9)7(3)10;1-2/h2,4-5,8-9H,3,6-7,10-11H2,1H3;4-5,10H,3H2,1-2H3;1-2H3/b;6-4-,8-5+;. The number of allylic oxidation sites excluding steroid dienone is 4. The molecule has 140 valence electrons. The van der Waals surface area contributed by atoms with Crippen molar-refractivity contribution < 1.29 is 9.50 Å². The zero-order valence-electron chi connectivity index (χ0n) is 16.6. The summed E-state index contributed by atoms with van der Waals surface area (Å²) >= 11 is 0. The highest BCUT2D eigenvalue weighted by molar-refractivity contribution is 5.26. The zero-order chi connectivity index (χ0) is 19.3. The first-order valence-corrected chi connectivity index (χ1v) is 9.33. The molecule has 2 rings (SSSR count). The molecule has 0 radical (unpaired) electrons. The highest BCUT2D eigenvalue weighted by Crippen LogP contribution is 2.38. The third-order valence-electron chi connectivity index (χ3n) is 4.51. The lowest BCUT2D eigenvalue weighted by atomic mass is 9.71. The highest BCUT2D eigenvalue weighted by Gasteiger charge is 2.27. The van der Waals surface area contributed by atoms with E-state index in [4.69, 9.17) is 5.11 Å². The van der Waals surface area contributed by atoms with Crippen molar-refractivity contribution in [2.45, 2.75) is 72.1 Å². The Hall–Kier alpha value is -1.83. The van der Waals surface area contributed by atoms with Crippen LogP contribution in [-0.4, -0.2) is 5.11 Å². The summed E-state index contributed by atoms with van der Waals surface area (Å²) in [6.45, 7) is 13.0. The monoisotopic (exact) mass is 346 g/mol. The SMILES string of the molecule is C=C(O)/C(F)=C\C(C)=C/C.CC.CC1(c2ccccc2)CCCCC1. The molecule has 0 saturated heterocycles. The molecule has 1 fully saturated rings. The van der Waals surface area contributed by atoms with Crippen molar-refractivity contribution in [3.63, 3.8) is 0 Å². The molecule has 0 aromatic heterocycles. The zero-order valence-corrected chi connectivity index (χ0v) is 16.6. The molecular weight excluding hydrogens is 311 g/mol. The molecule has 1 saturated carbocycles. The molecule has 2 heteroatoms. The van der Waals surface area contributed by atoms with Crippen molar-refractivity contribution in [1.29, 1.82) is 0 Å². The van der Waals surface area contributed by atoms with Crippen LogP contribution in [0.2, 0.25) is 0 Å². The van der Waals surface area contributed by atoms with Gasteiger partial charge in [0.1, 0.15) is 5.76 Å². The van der Waals surface area contributed by atoms with Gasteiger partial charge in [-0.15, -0.1) is 0 Å². The molecule has 1 aliphatic carbocycles. The van der Waals surface area contributed by atoms with Gasteiger partial charge in [-0.2, -0.15) is 0 Å². The van der Waals surface area contributed by atoms with E-state index in [1.54, 1.807) is 19.9 Å². The first-order valence-electron chi connectivity index (χ1n) is 9.33. The van der Waals surface area contributed by atoms with Gasteiger partial charge in [0.25, 0.3) is 0 Å². The maximum Gasteiger partial charge on any atom is 0.164 e. The molecule has 1 nitrogen and oxygen atoms in total. The fourth-order valence-corrected chi connectivity index (χ4v) is 2.83. The first-order chi connectivity index (χ1) is 11.9. The topological polar surface area (TPSA) is 20.2 Å². The predicted molar refractivity (Wildman–Crippen MR) is 109 cm³/mol. The summed E-state index contributed by atoms with van der Waals surface area (Å²) < 4.78 is 12.4. The van der Waals surface area contributed by atoms with Gasteiger partial charge in [0.15, 0.2) is 5.83 Å². The Morgan fingerprint density at radius 3 is 2.08 bits per heavy atom. The lowest BCUT2D eigenvalue weighted by Crippen LogP contribution is -2.24. The van der Waals surface area contributed by atoms with E-state index >= 15 is 0 Å². The second-order valence-electron chi connectivity index (χ2n) is 6.46. The average molecular weight is 347 g/mol. The van der Waals surface area contributed by atoms with Crippen LogP contribution in [0.25, 0.3) is 0 Å². The highest BCUT2D eigenvalue weighted by atomic mass is 19.1. The molecule has 1 aromatic carbocycles. The van der Waals surface area contributed by atoms with Gasteiger partial charge in [-0.25, -0.2) is 4.39 Å². The van der Waals surface area contributed by atoms with Crippen LogP contribution in [0.3, 0.4) is 0 Å². The van der Waals surface area contributed by atoms with Crippen LogP contribution >= 0.6 is 0 Å². The molecule has 1 N–H and O–H groups in total. The van der Waals surface area contributed by atoms with E-state index in [1.165, 1.54) is 43.7 Å². The molecule has 0 spiro atoms. The van der Waals surface area contributed by atoms with E-state index in [9.17, 15) is 4.39 Å². The second-order valence-corrected chi connectivity index (χ2v) is 6.46. The maximum absolute atomic E-state index is 12.4. The summed E-state index contributed by atoms with van der Waals surface area (Å²) in [6.07, 6.45) is 9.96. The second kappa shape index (κ2) is 12.5. The lowest BCUT2D eigenvalue weighted by Gasteiger charge is -2.34. The third kappa shape index (κ3) is 8.72. The summed E-state index contributed by atoms with van der Waals surface area (Å²) in [5, 5.41) is 8.50. The van der Waals surface area contributed by atoms with E-state index in [0.29, 0.717) is 5.41 Å². The van der Waals surface area contributed by atoms with Gasteiger partial charge in [-0.1, -0.05) is 88.6 Å². The normalized spacial score (nSPS) is 16.7. The summed E-state index contributed by atoms with van der Waals surface area (Å²) in [4.78, 5) is 0. The number of rotatable bonds is 3. The molecular formula is C23H35FO. The van der Waals surface area contributed by atoms with Crippen molar-refractivity contribution in [1.82, 2.24) is 0 Å². The van der Waals surface area contributed by atoms with Gasteiger partial charge in [0.05, 0.1) is 0 Å². The summed E-state index contributed by atoms with van der Waals surface area (Å²) in [5.74, 6) is -1.21. The number of aliphatic hydroxyl groups excluding tert-OH is 1. The largest absolute Gasteiger partial charge is 0.506 e. The van der Waals surface area contributed by atoms with Gasteiger partial charge >= 0.3 is 0 Å². The van der Waals surface area contributed by atoms with Crippen LogP contribution in [-0.2, 0) is 5.41 Å². The fourth-order valence-electron chi connectivity index (χ4n) is 2.83.